The van der Waals surface area contributed by atoms with Gasteiger partial charge in [0.2, 0.25) is 0 Å². The molecule has 0 bridgehead atoms. The van der Waals surface area contributed by atoms with Crippen molar-refractivity contribution < 1.29 is 9.90 Å². The molecule has 1 atom stereocenters. The number of carbonyl (C=O) groups is 1. The highest BCUT2D eigenvalue weighted by molar-refractivity contribution is 5.87. The fourth-order valence-corrected chi connectivity index (χ4v) is 5.06. The Morgan fingerprint density at radius 1 is 0.903 bits per heavy atom. The Balaban J connectivity index is 1.38. The second-order valence-electron chi connectivity index (χ2n) is 8.83. The molecule has 1 amide bonds. The second kappa shape index (κ2) is 9.65. The van der Waals surface area contributed by atoms with E-state index in [1.54, 1.807) is 0 Å². The molecule has 5 nitrogen and oxygen atoms in total. The number of nitrogens with zero attached hydrogens (tertiary/aromatic N) is 2. The Hall–Kier alpha value is -2.66. The van der Waals surface area contributed by atoms with Crippen molar-refractivity contribution >= 4 is 11.7 Å². The van der Waals surface area contributed by atoms with E-state index in [4.69, 9.17) is 5.41 Å². The summed E-state index contributed by atoms with van der Waals surface area (Å²) in [6.45, 7) is 2.40. The number of hydrogen-bond donors (Lipinski definition) is 2. The maximum Gasteiger partial charge on any atom is 0.259 e. The first-order chi connectivity index (χ1) is 15.1. The molecule has 2 aliphatic rings. The number of amidine groups is 1. The lowest BCUT2D eigenvalue weighted by atomic mass is 9.79. The molecule has 2 aromatic carbocycles. The van der Waals surface area contributed by atoms with Crippen molar-refractivity contribution in [1.29, 1.82) is 5.41 Å². The van der Waals surface area contributed by atoms with E-state index in [1.165, 1.54) is 5.56 Å². The molecule has 1 aliphatic carbocycles. The normalized spacial score (nSPS) is 19.3. The minimum atomic E-state index is -1.44. The Morgan fingerprint density at radius 2 is 1.45 bits per heavy atom. The van der Waals surface area contributed by atoms with E-state index >= 15 is 0 Å². The number of benzene rings is 2. The van der Waals surface area contributed by atoms with Gasteiger partial charge < -0.3 is 14.9 Å². The van der Waals surface area contributed by atoms with E-state index in [0.29, 0.717) is 44.0 Å². The smallest absolute Gasteiger partial charge is 0.259 e. The average molecular weight is 420 g/mol. The standard InChI is InChI=1S/C26H33N3O2/c27-24(16-15-21-9-3-1-4-10-21)28-17-19-29(20-18-28)25(30)26(31,23-13-7-8-14-23)22-11-5-2-6-12-22/h1-6,9-12,23,27,31H,7-8,13-20H2/t26-/m0/s1. The van der Waals surface area contributed by atoms with Gasteiger partial charge in [-0.15, -0.1) is 0 Å². The van der Waals surface area contributed by atoms with Gasteiger partial charge in [0.1, 0.15) is 0 Å². The highest BCUT2D eigenvalue weighted by Crippen LogP contribution is 2.42. The van der Waals surface area contributed by atoms with Crippen LogP contribution in [0.2, 0.25) is 0 Å². The lowest BCUT2D eigenvalue weighted by molar-refractivity contribution is -0.160. The van der Waals surface area contributed by atoms with Gasteiger partial charge in [-0.25, -0.2) is 0 Å². The lowest BCUT2D eigenvalue weighted by Gasteiger charge is -2.42. The quantitative estimate of drug-likeness (QED) is 0.553. The molecule has 1 saturated carbocycles. The van der Waals surface area contributed by atoms with Gasteiger partial charge in [0.05, 0.1) is 5.84 Å². The Bertz CT molecular complexity index is 872. The molecule has 1 aliphatic heterocycles. The van der Waals surface area contributed by atoms with Crippen molar-refractivity contribution in [2.45, 2.75) is 44.1 Å². The molecule has 5 heteroatoms. The largest absolute Gasteiger partial charge is 0.375 e. The first kappa shape index (κ1) is 21.6. The van der Waals surface area contributed by atoms with Crippen LogP contribution in [0, 0.1) is 11.3 Å². The average Bonchev–Trinajstić information content (AvgIpc) is 3.38. The molecular weight excluding hydrogens is 386 g/mol. The van der Waals surface area contributed by atoms with Crippen molar-refractivity contribution in [1.82, 2.24) is 9.80 Å². The van der Waals surface area contributed by atoms with Gasteiger partial charge >= 0.3 is 0 Å². The zero-order valence-electron chi connectivity index (χ0n) is 18.2. The number of aliphatic hydroxyl groups is 1. The molecule has 31 heavy (non-hydrogen) atoms. The molecule has 0 spiro atoms. The van der Waals surface area contributed by atoms with Crippen LogP contribution in [-0.2, 0) is 16.8 Å². The first-order valence-corrected chi connectivity index (χ1v) is 11.5. The topological polar surface area (TPSA) is 67.6 Å². The van der Waals surface area contributed by atoms with Crippen molar-refractivity contribution in [3.63, 3.8) is 0 Å². The van der Waals surface area contributed by atoms with Gasteiger partial charge in [-0.3, -0.25) is 10.2 Å². The van der Waals surface area contributed by atoms with Gasteiger partial charge in [0, 0.05) is 38.5 Å². The number of amides is 1. The summed E-state index contributed by atoms with van der Waals surface area (Å²) in [6, 6.07) is 19.7. The number of piperazine rings is 1. The van der Waals surface area contributed by atoms with Crippen LogP contribution in [0.1, 0.15) is 43.2 Å². The molecule has 1 heterocycles. The summed E-state index contributed by atoms with van der Waals surface area (Å²) >= 11 is 0. The molecule has 2 fully saturated rings. The third-order valence-electron chi connectivity index (χ3n) is 6.93. The third kappa shape index (κ3) is 4.67. The van der Waals surface area contributed by atoms with E-state index < -0.39 is 5.60 Å². The predicted molar refractivity (Wildman–Crippen MR) is 123 cm³/mol. The van der Waals surface area contributed by atoms with Crippen molar-refractivity contribution in [3.05, 3.63) is 71.8 Å². The molecule has 2 aromatic rings. The van der Waals surface area contributed by atoms with Crippen LogP contribution in [0.3, 0.4) is 0 Å². The number of carbonyl (C=O) groups excluding carboxylic acids is 1. The first-order valence-electron chi connectivity index (χ1n) is 11.5. The van der Waals surface area contributed by atoms with Crippen LogP contribution < -0.4 is 0 Å². The number of aryl methyl sites for hydroxylation is 1. The van der Waals surface area contributed by atoms with Gasteiger partial charge in [0.25, 0.3) is 5.91 Å². The SMILES string of the molecule is N=C(CCc1ccccc1)N1CCN(C(=O)[C@](O)(c2ccccc2)C2CCCC2)CC1. The summed E-state index contributed by atoms with van der Waals surface area (Å²) in [5.74, 6) is 0.440. The summed E-state index contributed by atoms with van der Waals surface area (Å²) in [5, 5.41) is 20.2. The number of rotatable bonds is 6. The summed E-state index contributed by atoms with van der Waals surface area (Å²) in [7, 11) is 0. The highest BCUT2D eigenvalue weighted by atomic mass is 16.3. The Kier molecular flexibility index (Phi) is 6.71. The van der Waals surface area contributed by atoms with Gasteiger partial charge in [-0.2, -0.15) is 0 Å². The van der Waals surface area contributed by atoms with E-state index in [0.717, 1.165) is 32.1 Å². The van der Waals surface area contributed by atoms with Crippen molar-refractivity contribution in [2.75, 3.05) is 26.2 Å². The van der Waals surface area contributed by atoms with Crippen LogP contribution >= 0.6 is 0 Å². The number of nitrogens with one attached hydrogen (secondary N) is 1. The molecule has 1 saturated heterocycles. The fourth-order valence-electron chi connectivity index (χ4n) is 5.06. The van der Waals surface area contributed by atoms with E-state index in [1.807, 2.05) is 53.4 Å². The van der Waals surface area contributed by atoms with Crippen LogP contribution in [0.4, 0.5) is 0 Å². The third-order valence-corrected chi connectivity index (χ3v) is 6.93. The zero-order valence-corrected chi connectivity index (χ0v) is 18.2. The molecule has 4 rings (SSSR count). The highest BCUT2D eigenvalue weighted by Gasteiger charge is 2.48. The van der Waals surface area contributed by atoms with Crippen LogP contribution in [0.15, 0.2) is 60.7 Å². The predicted octanol–water partition coefficient (Wildman–Crippen LogP) is 3.82. The molecule has 0 aromatic heterocycles. The van der Waals surface area contributed by atoms with Gasteiger partial charge in [0.15, 0.2) is 5.60 Å². The molecule has 2 N–H and O–H groups in total. The maximum atomic E-state index is 13.6. The van der Waals surface area contributed by atoms with E-state index in [-0.39, 0.29) is 11.8 Å². The fraction of sp³-hybridized carbons (Fsp3) is 0.462. The van der Waals surface area contributed by atoms with Crippen LogP contribution in [-0.4, -0.2) is 52.8 Å². The molecule has 164 valence electrons. The minimum Gasteiger partial charge on any atom is -0.375 e. The summed E-state index contributed by atoms with van der Waals surface area (Å²) in [5.41, 5.74) is 0.510. The lowest BCUT2D eigenvalue weighted by Crippen LogP contribution is -2.57. The minimum absolute atomic E-state index is 0.0235. The van der Waals surface area contributed by atoms with Crippen LogP contribution in [0.5, 0.6) is 0 Å². The Labute approximate surface area is 185 Å². The molecule has 0 radical (unpaired) electrons. The van der Waals surface area contributed by atoms with Crippen molar-refractivity contribution in [3.8, 4) is 0 Å². The summed E-state index contributed by atoms with van der Waals surface area (Å²) < 4.78 is 0. The summed E-state index contributed by atoms with van der Waals surface area (Å²) in [4.78, 5) is 17.5. The molecular formula is C26H33N3O2. The molecule has 0 unspecified atom stereocenters. The zero-order chi connectivity index (χ0) is 21.7. The monoisotopic (exact) mass is 419 g/mol. The Morgan fingerprint density at radius 3 is 2.06 bits per heavy atom. The van der Waals surface area contributed by atoms with E-state index in [9.17, 15) is 9.90 Å². The van der Waals surface area contributed by atoms with Gasteiger partial charge in [-0.05, 0) is 30.4 Å². The maximum absolute atomic E-state index is 13.6. The van der Waals surface area contributed by atoms with Gasteiger partial charge in [-0.1, -0.05) is 73.5 Å². The number of hydrogen-bond acceptors (Lipinski definition) is 3. The van der Waals surface area contributed by atoms with Crippen LogP contribution in [0.25, 0.3) is 0 Å². The van der Waals surface area contributed by atoms with Crippen molar-refractivity contribution in [2.24, 2.45) is 5.92 Å². The van der Waals surface area contributed by atoms with E-state index in [2.05, 4.69) is 17.0 Å². The second-order valence-corrected chi connectivity index (χ2v) is 8.83. The summed E-state index contributed by atoms with van der Waals surface area (Å²) in [6.07, 6.45) is 5.48.